The molecule has 0 fully saturated rings. The van der Waals surface area contributed by atoms with E-state index in [2.05, 4.69) is 172 Å². The van der Waals surface area contributed by atoms with Crippen LogP contribution in [0, 0.1) is 0 Å². The van der Waals surface area contributed by atoms with Crippen molar-refractivity contribution in [1.82, 2.24) is 0 Å². The van der Waals surface area contributed by atoms with Gasteiger partial charge in [-0.2, -0.15) is 0 Å². The summed E-state index contributed by atoms with van der Waals surface area (Å²) in [5.41, 5.74) is 0. The zero-order valence-corrected chi connectivity index (χ0v) is 27.0. The van der Waals surface area contributed by atoms with Crippen LogP contribution in [-0.2, 0) is 74.8 Å². The van der Waals surface area contributed by atoms with E-state index >= 15 is 0 Å². The molecule has 32 heavy (non-hydrogen) atoms. The topological polar surface area (TPSA) is 0 Å². The maximum absolute atomic E-state index is 3.15. The molecule has 0 aromatic heterocycles. The molecule has 0 bridgehead atoms. The van der Waals surface area contributed by atoms with Crippen LogP contribution < -0.4 is 21.2 Å². The molecular formula is C24H24P4Pd4. The van der Waals surface area contributed by atoms with Gasteiger partial charge in [0.15, 0.2) is 0 Å². The summed E-state index contributed by atoms with van der Waals surface area (Å²) in [7, 11) is 0. The van der Waals surface area contributed by atoms with Crippen molar-refractivity contribution in [2.75, 3.05) is 0 Å². The van der Waals surface area contributed by atoms with E-state index in [1.165, 1.54) is 21.2 Å². The molecule has 4 atom stereocenters. The third-order valence-corrected chi connectivity index (χ3v) is 10.9. The second kappa shape index (κ2) is 22.7. The molecule has 4 aromatic carbocycles. The molecule has 180 valence electrons. The van der Waals surface area contributed by atoms with Gasteiger partial charge in [-0.3, -0.25) is 0 Å². The summed E-state index contributed by atoms with van der Waals surface area (Å²) in [5.74, 6) is 0. The molecule has 0 aliphatic rings. The fourth-order valence-corrected chi connectivity index (χ4v) is 6.26. The van der Waals surface area contributed by atoms with Gasteiger partial charge >= 0.3 is 244 Å². The SMILES string of the molecule is [Pd][PH]c1ccccc1.[Pd][PH]c1ccccc1.[Pd][PH]c1ccccc1.[Pd][PH]c1ccccc1. The molecule has 0 nitrogen and oxygen atoms in total. The molecule has 0 heterocycles. The summed E-state index contributed by atoms with van der Waals surface area (Å²) in [6.07, 6.45) is 0. The average Bonchev–Trinajstić information content (AvgIpc) is 2.91. The first-order chi connectivity index (χ1) is 15.7. The Morgan fingerprint density at radius 2 is 0.438 bits per heavy atom. The second-order valence-electron chi connectivity index (χ2n) is 5.78. The second-order valence-corrected chi connectivity index (χ2v) is 13.4. The standard InChI is InChI=1S/4C6H6P.4Pd/c4*7-6-4-2-1-3-5-6;;;;/h4*1-5,7H;;;;/q4*-1;4*+1. The molecule has 0 amide bonds. The van der Waals surface area contributed by atoms with E-state index < -0.39 is 0 Å². The number of benzene rings is 4. The van der Waals surface area contributed by atoms with Crippen LogP contribution >= 0.6 is 27.1 Å². The molecule has 8 heteroatoms. The summed E-state index contributed by atoms with van der Waals surface area (Å²) in [5, 5.41) is 5.48. The zero-order chi connectivity index (χ0) is 23.3. The molecule has 0 saturated carbocycles. The molecular weight excluding hydrogens is 838 g/mol. The van der Waals surface area contributed by atoms with E-state index in [0.29, 0.717) is 0 Å². The summed E-state index contributed by atoms with van der Waals surface area (Å²) in [4.78, 5) is 0. The van der Waals surface area contributed by atoms with Gasteiger partial charge in [-0.1, -0.05) is 0 Å². The summed E-state index contributed by atoms with van der Waals surface area (Å²) in [6, 6.07) is 41.4. The Morgan fingerprint density at radius 3 is 0.531 bits per heavy atom. The third-order valence-electron chi connectivity index (χ3n) is 3.46. The molecule has 0 spiro atoms. The van der Waals surface area contributed by atoms with Crippen molar-refractivity contribution in [1.29, 1.82) is 0 Å². The van der Waals surface area contributed by atoms with Gasteiger partial charge in [0, 0.05) is 0 Å². The van der Waals surface area contributed by atoms with Gasteiger partial charge in [0.25, 0.3) is 0 Å². The Morgan fingerprint density at radius 1 is 0.281 bits per heavy atom. The van der Waals surface area contributed by atoms with Crippen molar-refractivity contribution >= 4 is 48.3 Å². The monoisotopic (exact) mass is 860 g/mol. The van der Waals surface area contributed by atoms with E-state index in [4.69, 9.17) is 0 Å². The number of hydrogen-bond acceptors (Lipinski definition) is 0. The summed E-state index contributed by atoms with van der Waals surface area (Å²) in [6.45, 7) is 3.12. The first-order valence-electron chi connectivity index (χ1n) is 9.28. The van der Waals surface area contributed by atoms with Gasteiger partial charge in [-0.25, -0.2) is 0 Å². The molecule has 0 radical (unpaired) electrons. The van der Waals surface area contributed by atoms with Crippen LogP contribution in [0.5, 0.6) is 0 Å². The van der Waals surface area contributed by atoms with Crippen molar-refractivity contribution in [2.24, 2.45) is 0 Å². The first kappa shape index (κ1) is 31.3. The van der Waals surface area contributed by atoms with Crippen LogP contribution in [0.25, 0.3) is 0 Å². The van der Waals surface area contributed by atoms with Crippen molar-refractivity contribution < 1.29 is 74.8 Å². The first-order valence-corrected chi connectivity index (χ1v) is 21.9. The number of hydrogen-bond donors (Lipinski definition) is 0. The Hall–Kier alpha value is 1.25. The van der Waals surface area contributed by atoms with E-state index in [1.807, 2.05) is 24.3 Å². The van der Waals surface area contributed by atoms with Crippen LogP contribution in [0.3, 0.4) is 0 Å². The van der Waals surface area contributed by atoms with Crippen LogP contribution in [0.15, 0.2) is 121 Å². The fourth-order valence-electron chi connectivity index (χ4n) is 1.96. The minimum atomic E-state index is 0.780. The van der Waals surface area contributed by atoms with Crippen molar-refractivity contribution in [2.45, 2.75) is 0 Å². The summed E-state index contributed by atoms with van der Waals surface area (Å²) >= 11 is 12.6. The normalized spacial score (nSPS) is 10.8. The van der Waals surface area contributed by atoms with E-state index in [-0.39, 0.29) is 0 Å². The van der Waals surface area contributed by atoms with Crippen LogP contribution in [0.4, 0.5) is 0 Å². The molecule has 0 saturated heterocycles. The molecule has 4 rings (SSSR count). The fraction of sp³-hybridized carbons (Fsp3) is 0. The van der Waals surface area contributed by atoms with Gasteiger partial charge in [0.1, 0.15) is 0 Å². The quantitative estimate of drug-likeness (QED) is 0.180. The predicted octanol–water partition coefficient (Wildman–Crippen LogP) is 5.81. The summed E-state index contributed by atoms with van der Waals surface area (Å²) < 4.78 is 0. The van der Waals surface area contributed by atoms with E-state index in [0.717, 1.165) is 27.1 Å². The van der Waals surface area contributed by atoms with Gasteiger partial charge in [-0.05, 0) is 0 Å². The number of rotatable bonds is 4. The van der Waals surface area contributed by atoms with Crippen LogP contribution in [0.2, 0.25) is 0 Å². The van der Waals surface area contributed by atoms with Crippen molar-refractivity contribution in [3.63, 3.8) is 0 Å². The third kappa shape index (κ3) is 16.8. The predicted molar refractivity (Wildman–Crippen MR) is 138 cm³/mol. The van der Waals surface area contributed by atoms with Gasteiger partial charge < -0.3 is 0 Å². The molecule has 0 aliphatic heterocycles. The Balaban J connectivity index is 0.000000213. The maximum atomic E-state index is 3.15. The molecule has 0 aliphatic carbocycles. The molecule has 0 N–H and O–H groups in total. The van der Waals surface area contributed by atoms with Crippen molar-refractivity contribution in [3.05, 3.63) is 121 Å². The molecule has 4 unspecified atom stereocenters. The van der Waals surface area contributed by atoms with Crippen LogP contribution in [0.1, 0.15) is 0 Å². The Kier molecular flexibility index (Phi) is 22.2. The van der Waals surface area contributed by atoms with Crippen LogP contribution in [-0.4, -0.2) is 0 Å². The Bertz CT molecular complexity index is 757. The zero-order valence-electron chi connectivity index (χ0n) is 16.8. The Labute approximate surface area is 241 Å². The van der Waals surface area contributed by atoms with Gasteiger partial charge in [0.05, 0.1) is 0 Å². The van der Waals surface area contributed by atoms with Crippen molar-refractivity contribution in [3.8, 4) is 0 Å². The van der Waals surface area contributed by atoms with Gasteiger partial charge in [-0.15, -0.1) is 0 Å². The van der Waals surface area contributed by atoms with E-state index in [9.17, 15) is 0 Å². The van der Waals surface area contributed by atoms with Gasteiger partial charge in [0.2, 0.25) is 0 Å². The average molecular weight is 862 g/mol. The minimum absolute atomic E-state index is 0.780. The van der Waals surface area contributed by atoms with E-state index in [1.54, 1.807) is 0 Å². The molecule has 4 aromatic rings.